The van der Waals surface area contributed by atoms with E-state index in [-0.39, 0.29) is 5.92 Å². The SMILES string of the molecule is Cc1ncnc(N2CCC(C(=O)O)CC2)c1C. The van der Waals surface area contributed by atoms with Crippen LogP contribution in [0.5, 0.6) is 0 Å². The molecule has 0 aliphatic carbocycles. The molecule has 1 aliphatic rings. The van der Waals surface area contributed by atoms with E-state index in [9.17, 15) is 4.79 Å². The maximum absolute atomic E-state index is 10.9. The first-order valence-electron chi connectivity index (χ1n) is 5.85. The van der Waals surface area contributed by atoms with Gasteiger partial charge in [-0.05, 0) is 26.7 Å². The van der Waals surface area contributed by atoms with Crippen LogP contribution in [0.25, 0.3) is 0 Å². The molecule has 0 spiro atoms. The Labute approximate surface area is 100 Å². The number of anilines is 1. The summed E-state index contributed by atoms with van der Waals surface area (Å²) in [7, 11) is 0. The van der Waals surface area contributed by atoms with Crippen molar-refractivity contribution >= 4 is 11.8 Å². The van der Waals surface area contributed by atoms with Crippen molar-refractivity contribution in [1.29, 1.82) is 0 Å². The van der Waals surface area contributed by atoms with E-state index < -0.39 is 5.97 Å². The highest BCUT2D eigenvalue weighted by molar-refractivity contribution is 5.70. The van der Waals surface area contributed by atoms with Crippen LogP contribution in [-0.2, 0) is 4.79 Å². The molecular formula is C12H17N3O2. The van der Waals surface area contributed by atoms with E-state index in [2.05, 4.69) is 14.9 Å². The Hall–Kier alpha value is -1.65. The minimum atomic E-state index is -0.680. The van der Waals surface area contributed by atoms with Crippen LogP contribution in [0.1, 0.15) is 24.1 Å². The summed E-state index contributed by atoms with van der Waals surface area (Å²) in [6, 6.07) is 0. The zero-order chi connectivity index (χ0) is 12.4. The van der Waals surface area contributed by atoms with Gasteiger partial charge in [-0.3, -0.25) is 4.79 Å². The van der Waals surface area contributed by atoms with Crippen molar-refractivity contribution < 1.29 is 9.90 Å². The maximum Gasteiger partial charge on any atom is 0.306 e. The Bertz CT molecular complexity index is 426. The van der Waals surface area contributed by atoms with Gasteiger partial charge in [0.25, 0.3) is 0 Å². The van der Waals surface area contributed by atoms with Gasteiger partial charge in [0.1, 0.15) is 12.1 Å². The molecule has 1 aromatic heterocycles. The molecule has 0 radical (unpaired) electrons. The van der Waals surface area contributed by atoms with E-state index >= 15 is 0 Å². The standard InChI is InChI=1S/C12H17N3O2/c1-8-9(2)13-7-14-11(8)15-5-3-10(4-6-15)12(16)17/h7,10H,3-6H2,1-2H3,(H,16,17). The molecule has 2 rings (SSSR count). The van der Waals surface area contributed by atoms with Crippen molar-refractivity contribution in [2.75, 3.05) is 18.0 Å². The fourth-order valence-corrected chi connectivity index (χ4v) is 2.18. The predicted octanol–water partition coefficient (Wildman–Crippen LogP) is 1.39. The molecule has 92 valence electrons. The number of carboxylic acids is 1. The van der Waals surface area contributed by atoms with E-state index in [1.165, 1.54) is 0 Å². The largest absolute Gasteiger partial charge is 0.481 e. The lowest BCUT2D eigenvalue weighted by Gasteiger charge is -2.32. The minimum absolute atomic E-state index is 0.200. The number of hydrogen-bond acceptors (Lipinski definition) is 4. The van der Waals surface area contributed by atoms with Crippen molar-refractivity contribution in [3.63, 3.8) is 0 Å². The number of hydrogen-bond donors (Lipinski definition) is 1. The summed E-state index contributed by atoms with van der Waals surface area (Å²) >= 11 is 0. The molecule has 17 heavy (non-hydrogen) atoms. The Balaban J connectivity index is 2.10. The van der Waals surface area contributed by atoms with Crippen LogP contribution in [0, 0.1) is 19.8 Å². The second kappa shape index (κ2) is 4.69. The number of aromatic nitrogens is 2. The van der Waals surface area contributed by atoms with E-state index in [0.29, 0.717) is 12.8 Å². The minimum Gasteiger partial charge on any atom is -0.481 e. The number of aryl methyl sites for hydroxylation is 1. The lowest BCUT2D eigenvalue weighted by Crippen LogP contribution is -2.37. The molecule has 0 amide bonds. The lowest BCUT2D eigenvalue weighted by molar-refractivity contribution is -0.142. The summed E-state index contributed by atoms with van der Waals surface area (Å²) in [6.07, 6.45) is 2.95. The monoisotopic (exact) mass is 235 g/mol. The van der Waals surface area contributed by atoms with Gasteiger partial charge in [0.15, 0.2) is 0 Å². The van der Waals surface area contributed by atoms with Gasteiger partial charge < -0.3 is 10.0 Å². The number of carbonyl (C=O) groups is 1. The molecule has 0 saturated carbocycles. The van der Waals surface area contributed by atoms with Crippen molar-refractivity contribution in [3.8, 4) is 0 Å². The topological polar surface area (TPSA) is 66.3 Å². The lowest BCUT2D eigenvalue weighted by atomic mass is 9.97. The molecule has 0 bridgehead atoms. The zero-order valence-corrected chi connectivity index (χ0v) is 10.2. The Morgan fingerprint density at radius 2 is 2.00 bits per heavy atom. The van der Waals surface area contributed by atoms with Crippen LogP contribution in [0.15, 0.2) is 6.33 Å². The highest BCUT2D eigenvalue weighted by Gasteiger charge is 2.25. The average molecular weight is 235 g/mol. The van der Waals surface area contributed by atoms with Gasteiger partial charge in [-0.2, -0.15) is 0 Å². The van der Waals surface area contributed by atoms with Crippen LogP contribution in [0.4, 0.5) is 5.82 Å². The molecule has 5 heteroatoms. The van der Waals surface area contributed by atoms with Gasteiger partial charge in [0, 0.05) is 24.3 Å². The van der Waals surface area contributed by atoms with Gasteiger partial charge in [-0.15, -0.1) is 0 Å². The first kappa shape index (κ1) is 11.8. The maximum atomic E-state index is 10.9. The third-order valence-corrected chi connectivity index (χ3v) is 3.45. The number of piperidine rings is 1. The fraction of sp³-hybridized carbons (Fsp3) is 0.583. The van der Waals surface area contributed by atoms with Crippen LogP contribution < -0.4 is 4.90 Å². The smallest absolute Gasteiger partial charge is 0.306 e. The van der Waals surface area contributed by atoms with E-state index in [1.54, 1.807) is 6.33 Å². The highest BCUT2D eigenvalue weighted by atomic mass is 16.4. The summed E-state index contributed by atoms with van der Waals surface area (Å²) in [5.41, 5.74) is 2.07. The van der Waals surface area contributed by atoms with E-state index in [0.717, 1.165) is 30.2 Å². The van der Waals surface area contributed by atoms with Crippen LogP contribution >= 0.6 is 0 Å². The predicted molar refractivity (Wildman–Crippen MR) is 64.1 cm³/mol. The summed E-state index contributed by atoms with van der Waals surface area (Å²) in [4.78, 5) is 21.5. The molecule has 1 aliphatic heterocycles. The van der Waals surface area contributed by atoms with Crippen LogP contribution in [0.3, 0.4) is 0 Å². The molecule has 1 N–H and O–H groups in total. The average Bonchev–Trinajstić information content (AvgIpc) is 2.33. The summed E-state index contributed by atoms with van der Waals surface area (Å²) in [6.45, 7) is 5.49. The second-order valence-corrected chi connectivity index (χ2v) is 4.51. The summed E-state index contributed by atoms with van der Waals surface area (Å²) in [5, 5.41) is 8.95. The van der Waals surface area contributed by atoms with Gasteiger partial charge in [0.2, 0.25) is 0 Å². The Kier molecular flexibility index (Phi) is 3.26. The molecule has 0 atom stereocenters. The first-order chi connectivity index (χ1) is 8.09. The number of rotatable bonds is 2. The first-order valence-corrected chi connectivity index (χ1v) is 5.85. The van der Waals surface area contributed by atoms with Gasteiger partial charge >= 0.3 is 5.97 Å². The van der Waals surface area contributed by atoms with Crippen LogP contribution in [0.2, 0.25) is 0 Å². The van der Waals surface area contributed by atoms with Crippen molar-refractivity contribution in [1.82, 2.24) is 9.97 Å². The summed E-state index contributed by atoms with van der Waals surface area (Å²) in [5.74, 6) is 0.0658. The van der Waals surface area contributed by atoms with Crippen molar-refractivity contribution in [2.45, 2.75) is 26.7 Å². The molecule has 0 unspecified atom stereocenters. The Morgan fingerprint density at radius 1 is 1.35 bits per heavy atom. The molecule has 2 heterocycles. The third-order valence-electron chi connectivity index (χ3n) is 3.45. The van der Waals surface area contributed by atoms with Gasteiger partial charge in [-0.1, -0.05) is 0 Å². The molecule has 0 aromatic carbocycles. The second-order valence-electron chi connectivity index (χ2n) is 4.51. The van der Waals surface area contributed by atoms with E-state index in [1.807, 2.05) is 13.8 Å². The molecular weight excluding hydrogens is 218 g/mol. The molecule has 1 saturated heterocycles. The quantitative estimate of drug-likeness (QED) is 0.839. The van der Waals surface area contributed by atoms with Gasteiger partial charge in [0.05, 0.1) is 5.92 Å². The summed E-state index contributed by atoms with van der Waals surface area (Å²) < 4.78 is 0. The molecule has 5 nitrogen and oxygen atoms in total. The van der Waals surface area contributed by atoms with E-state index in [4.69, 9.17) is 5.11 Å². The number of aliphatic carboxylic acids is 1. The number of nitrogens with zero attached hydrogens (tertiary/aromatic N) is 3. The fourth-order valence-electron chi connectivity index (χ4n) is 2.18. The third kappa shape index (κ3) is 2.38. The number of carboxylic acid groups (broad SMARTS) is 1. The van der Waals surface area contributed by atoms with Crippen molar-refractivity contribution in [3.05, 3.63) is 17.6 Å². The van der Waals surface area contributed by atoms with Crippen molar-refractivity contribution in [2.24, 2.45) is 5.92 Å². The van der Waals surface area contributed by atoms with Crippen LogP contribution in [-0.4, -0.2) is 34.1 Å². The normalized spacial score (nSPS) is 17.2. The molecule has 1 aromatic rings. The highest BCUT2D eigenvalue weighted by Crippen LogP contribution is 2.24. The Morgan fingerprint density at radius 3 is 2.59 bits per heavy atom. The molecule has 1 fully saturated rings. The zero-order valence-electron chi connectivity index (χ0n) is 10.2. The van der Waals surface area contributed by atoms with Gasteiger partial charge in [-0.25, -0.2) is 9.97 Å².